The summed E-state index contributed by atoms with van der Waals surface area (Å²) in [7, 11) is 0. The van der Waals surface area contributed by atoms with E-state index < -0.39 is 0 Å². The minimum absolute atomic E-state index is 0.532. The Kier molecular flexibility index (Phi) is 5.79. The van der Waals surface area contributed by atoms with Crippen molar-refractivity contribution in [3.05, 3.63) is 58.9 Å². The second-order valence-electron chi connectivity index (χ2n) is 7.90. The monoisotopic (exact) mass is 491 g/mol. The number of rotatable bonds is 6. The summed E-state index contributed by atoms with van der Waals surface area (Å²) in [4.78, 5) is 18.4. The number of ether oxygens (including phenoxy) is 2. The van der Waals surface area contributed by atoms with Gasteiger partial charge >= 0.3 is 0 Å². The molecule has 0 atom stereocenters. The highest BCUT2D eigenvalue weighted by Crippen LogP contribution is 2.41. The number of fused-ring (bicyclic) bond motifs is 1. The second-order valence-corrected chi connectivity index (χ2v) is 9.71. The quantitative estimate of drug-likeness (QED) is 0.312. The molecule has 1 aliphatic heterocycles. The van der Waals surface area contributed by atoms with Gasteiger partial charge in [-0.1, -0.05) is 11.2 Å². The van der Waals surface area contributed by atoms with Crippen molar-refractivity contribution in [2.75, 3.05) is 26.3 Å². The molecule has 0 saturated carbocycles. The molecule has 0 spiro atoms. The van der Waals surface area contributed by atoms with Gasteiger partial charge in [0.05, 0.1) is 25.1 Å². The van der Waals surface area contributed by atoms with E-state index in [0.717, 1.165) is 53.5 Å². The van der Waals surface area contributed by atoms with E-state index in [4.69, 9.17) is 24.0 Å². The molecule has 172 valence electrons. The fourth-order valence-electron chi connectivity index (χ4n) is 3.87. The van der Waals surface area contributed by atoms with Crippen molar-refractivity contribution in [2.45, 2.75) is 13.5 Å². The van der Waals surface area contributed by atoms with Crippen LogP contribution in [0.15, 0.2) is 51.7 Å². The van der Waals surface area contributed by atoms with Gasteiger partial charge in [-0.2, -0.15) is 9.97 Å². The first-order valence-electron chi connectivity index (χ1n) is 10.9. The number of benzene rings is 1. The molecule has 1 aromatic carbocycles. The van der Waals surface area contributed by atoms with Crippen LogP contribution in [0.5, 0.6) is 11.6 Å². The lowest BCUT2D eigenvalue weighted by Gasteiger charge is -2.25. The Labute approximate surface area is 203 Å². The van der Waals surface area contributed by atoms with Gasteiger partial charge in [0.2, 0.25) is 17.6 Å². The first kappa shape index (κ1) is 21.4. The van der Waals surface area contributed by atoms with E-state index in [1.807, 2.05) is 24.3 Å². The molecule has 5 aromatic rings. The molecule has 6 rings (SSSR count). The molecular formula is C24H21N5O3S2. The van der Waals surface area contributed by atoms with Gasteiger partial charge in [-0.3, -0.25) is 4.90 Å². The van der Waals surface area contributed by atoms with Gasteiger partial charge < -0.3 is 14.0 Å². The molecule has 8 nitrogen and oxygen atoms in total. The molecule has 0 unspecified atom stereocenters. The Balaban J connectivity index is 1.36. The van der Waals surface area contributed by atoms with E-state index in [0.29, 0.717) is 29.9 Å². The van der Waals surface area contributed by atoms with Gasteiger partial charge in [-0.25, -0.2) is 4.98 Å². The molecule has 1 fully saturated rings. The maximum Gasteiger partial charge on any atom is 0.232 e. The predicted molar refractivity (Wildman–Crippen MR) is 131 cm³/mol. The zero-order valence-corrected chi connectivity index (χ0v) is 20.1. The first-order valence-corrected chi connectivity index (χ1v) is 12.7. The fourth-order valence-corrected chi connectivity index (χ4v) is 5.64. The van der Waals surface area contributed by atoms with Crippen LogP contribution in [0, 0.1) is 6.92 Å². The summed E-state index contributed by atoms with van der Waals surface area (Å²) >= 11 is 3.32. The Hall–Kier alpha value is -3.18. The van der Waals surface area contributed by atoms with Crippen LogP contribution < -0.4 is 4.74 Å². The minimum Gasteiger partial charge on any atom is -0.438 e. The van der Waals surface area contributed by atoms with E-state index in [-0.39, 0.29) is 0 Å². The van der Waals surface area contributed by atoms with Crippen molar-refractivity contribution in [3.8, 4) is 33.5 Å². The maximum atomic E-state index is 6.37. The second kappa shape index (κ2) is 9.22. The molecule has 0 bridgehead atoms. The third kappa shape index (κ3) is 4.32. The lowest BCUT2D eigenvalue weighted by Crippen LogP contribution is -2.36. The Morgan fingerprint density at radius 2 is 1.88 bits per heavy atom. The Morgan fingerprint density at radius 1 is 1.03 bits per heavy atom. The molecule has 0 amide bonds. The summed E-state index contributed by atoms with van der Waals surface area (Å²) in [5, 5.41) is 9.13. The van der Waals surface area contributed by atoms with Crippen LogP contribution in [0.2, 0.25) is 0 Å². The van der Waals surface area contributed by atoms with Gasteiger partial charge in [0, 0.05) is 41.4 Å². The molecular weight excluding hydrogens is 470 g/mol. The highest BCUT2D eigenvalue weighted by molar-refractivity contribution is 7.18. The van der Waals surface area contributed by atoms with Gasteiger partial charge in [0.15, 0.2) is 0 Å². The molecule has 1 saturated heterocycles. The molecule has 5 heterocycles. The summed E-state index contributed by atoms with van der Waals surface area (Å²) in [5.74, 6) is 3.10. The highest BCUT2D eigenvalue weighted by atomic mass is 32.1. The van der Waals surface area contributed by atoms with Crippen molar-refractivity contribution >= 4 is 32.9 Å². The van der Waals surface area contributed by atoms with Gasteiger partial charge in [0.1, 0.15) is 16.4 Å². The lowest BCUT2D eigenvalue weighted by atomic mass is 10.2. The smallest absolute Gasteiger partial charge is 0.232 e. The zero-order chi connectivity index (χ0) is 22.9. The van der Waals surface area contributed by atoms with Gasteiger partial charge in [0.25, 0.3) is 0 Å². The van der Waals surface area contributed by atoms with E-state index in [1.54, 1.807) is 29.6 Å². The third-order valence-corrected chi connectivity index (χ3v) is 7.33. The zero-order valence-electron chi connectivity index (χ0n) is 18.4. The summed E-state index contributed by atoms with van der Waals surface area (Å²) in [5.41, 5.74) is 1.96. The summed E-state index contributed by atoms with van der Waals surface area (Å²) in [6.07, 6.45) is 0. The number of thiophene rings is 2. The number of hydrogen-bond acceptors (Lipinski definition) is 10. The number of nitrogens with zero attached hydrogens (tertiary/aromatic N) is 5. The van der Waals surface area contributed by atoms with Crippen LogP contribution in [0.3, 0.4) is 0 Å². The van der Waals surface area contributed by atoms with Gasteiger partial charge in [-0.05, 0) is 35.7 Å². The molecule has 0 radical (unpaired) electrons. The highest BCUT2D eigenvalue weighted by Gasteiger charge is 2.20. The number of morpholine rings is 1. The largest absolute Gasteiger partial charge is 0.438 e. The van der Waals surface area contributed by atoms with Crippen LogP contribution in [0.25, 0.3) is 32.0 Å². The summed E-state index contributed by atoms with van der Waals surface area (Å²) in [6.45, 7) is 5.66. The number of hydrogen-bond donors (Lipinski definition) is 0. The SMILES string of the molecule is Cc1nc(-c2ccc(Oc3nc(CN4CCOCC4)nc4scc(-c5cccs5)c34)cc2)no1. The fraction of sp³-hybridized carbons (Fsp3) is 0.250. The predicted octanol–water partition coefficient (Wildman–Crippen LogP) is 5.40. The van der Waals surface area contributed by atoms with Crippen LogP contribution in [-0.4, -0.2) is 51.3 Å². The van der Waals surface area contributed by atoms with E-state index >= 15 is 0 Å². The Morgan fingerprint density at radius 3 is 2.62 bits per heavy atom. The summed E-state index contributed by atoms with van der Waals surface area (Å²) < 4.78 is 16.9. The van der Waals surface area contributed by atoms with Crippen molar-refractivity contribution in [1.82, 2.24) is 25.0 Å². The number of aryl methyl sites for hydroxylation is 1. The van der Waals surface area contributed by atoms with Crippen LogP contribution in [-0.2, 0) is 11.3 Å². The minimum atomic E-state index is 0.532. The van der Waals surface area contributed by atoms with Crippen LogP contribution >= 0.6 is 22.7 Å². The third-order valence-electron chi connectivity index (χ3n) is 5.56. The van der Waals surface area contributed by atoms with Crippen molar-refractivity contribution in [2.24, 2.45) is 0 Å². The number of aromatic nitrogens is 4. The van der Waals surface area contributed by atoms with Crippen molar-refractivity contribution in [1.29, 1.82) is 0 Å². The standard InChI is InChI=1S/C24H21N5O3S2/c1-15-25-22(28-32-15)16-4-6-17(7-5-16)31-23-21-18(19-3-2-12-33-19)14-34-24(21)27-20(26-23)13-29-8-10-30-11-9-29/h2-7,12,14H,8-11,13H2,1H3. The topological polar surface area (TPSA) is 86.4 Å². The van der Waals surface area contributed by atoms with E-state index in [2.05, 4.69) is 37.9 Å². The average molecular weight is 492 g/mol. The molecule has 1 aliphatic rings. The molecule has 0 aliphatic carbocycles. The van der Waals surface area contributed by atoms with E-state index in [1.165, 1.54) is 4.88 Å². The Bertz CT molecular complexity index is 1410. The van der Waals surface area contributed by atoms with E-state index in [9.17, 15) is 0 Å². The van der Waals surface area contributed by atoms with Gasteiger partial charge in [-0.15, -0.1) is 22.7 Å². The normalized spacial score (nSPS) is 14.6. The molecule has 10 heteroatoms. The molecule has 0 N–H and O–H groups in total. The van der Waals surface area contributed by atoms with Crippen LogP contribution in [0.4, 0.5) is 0 Å². The average Bonchev–Trinajstić information content (AvgIpc) is 3.61. The van der Waals surface area contributed by atoms with Crippen molar-refractivity contribution in [3.63, 3.8) is 0 Å². The molecule has 4 aromatic heterocycles. The first-order chi connectivity index (χ1) is 16.7. The molecule has 34 heavy (non-hydrogen) atoms. The summed E-state index contributed by atoms with van der Waals surface area (Å²) in [6, 6.07) is 11.8. The van der Waals surface area contributed by atoms with Crippen molar-refractivity contribution < 1.29 is 14.0 Å². The lowest BCUT2D eigenvalue weighted by molar-refractivity contribution is 0.0330. The maximum absolute atomic E-state index is 6.37. The van der Waals surface area contributed by atoms with Crippen LogP contribution in [0.1, 0.15) is 11.7 Å².